The molecule has 1 saturated carbocycles. The number of carbonyl (C=O) groups is 1. The van der Waals surface area contributed by atoms with E-state index in [0.29, 0.717) is 44.5 Å². The molecule has 0 unspecified atom stereocenters. The SMILES string of the molecule is O=C(CN(Cc1ccccc1F)C1CC1)NCCc1ccc2c(c1)OCCO2. The van der Waals surface area contributed by atoms with Gasteiger partial charge in [-0.3, -0.25) is 9.69 Å². The first kappa shape index (κ1) is 18.7. The molecule has 1 N–H and O–H groups in total. The van der Waals surface area contributed by atoms with Gasteiger partial charge < -0.3 is 14.8 Å². The van der Waals surface area contributed by atoms with Gasteiger partial charge in [0.15, 0.2) is 11.5 Å². The third kappa shape index (κ3) is 4.81. The van der Waals surface area contributed by atoms with E-state index in [4.69, 9.17) is 9.47 Å². The first-order valence-electron chi connectivity index (χ1n) is 9.82. The van der Waals surface area contributed by atoms with E-state index in [9.17, 15) is 9.18 Å². The van der Waals surface area contributed by atoms with Crippen molar-refractivity contribution in [1.82, 2.24) is 10.2 Å². The number of ether oxygens (including phenoxy) is 2. The average molecular weight is 384 g/mol. The summed E-state index contributed by atoms with van der Waals surface area (Å²) in [4.78, 5) is 14.5. The summed E-state index contributed by atoms with van der Waals surface area (Å²) in [5.41, 5.74) is 1.73. The van der Waals surface area contributed by atoms with E-state index in [-0.39, 0.29) is 11.7 Å². The van der Waals surface area contributed by atoms with Crippen LogP contribution >= 0.6 is 0 Å². The molecule has 5 nitrogen and oxygen atoms in total. The first-order valence-corrected chi connectivity index (χ1v) is 9.82. The molecule has 28 heavy (non-hydrogen) atoms. The highest BCUT2D eigenvalue weighted by Gasteiger charge is 2.30. The van der Waals surface area contributed by atoms with E-state index in [2.05, 4.69) is 10.2 Å². The molecule has 0 atom stereocenters. The number of amides is 1. The van der Waals surface area contributed by atoms with Gasteiger partial charge in [-0.05, 0) is 43.0 Å². The minimum atomic E-state index is -0.216. The van der Waals surface area contributed by atoms with Crippen molar-refractivity contribution in [1.29, 1.82) is 0 Å². The molecule has 1 aliphatic heterocycles. The predicted molar refractivity (Wildman–Crippen MR) is 104 cm³/mol. The lowest BCUT2D eigenvalue weighted by Crippen LogP contribution is -2.39. The molecule has 0 radical (unpaired) electrons. The van der Waals surface area contributed by atoms with E-state index >= 15 is 0 Å². The van der Waals surface area contributed by atoms with Gasteiger partial charge in [0.2, 0.25) is 5.91 Å². The van der Waals surface area contributed by atoms with Gasteiger partial charge in [-0.25, -0.2) is 4.39 Å². The van der Waals surface area contributed by atoms with Gasteiger partial charge >= 0.3 is 0 Å². The average Bonchev–Trinajstić information content (AvgIpc) is 3.54. The van der Waals surface area contributed by atoms with Crippen LogP contribution in [0.15, 0.2) is 42.5 Å². The summed E-state index contributed by atoms with van der Waals surface area (Å²) in [7, 11) is 0. The molecule has 2 aromatic rings. The van der Waals surface area contributed by atoms with Crippen molar-refractivity contribution in [2.45, 2.75) is 31.8 Å². The largest absolute Gasteiger partial charge is 0.486 e. The van der Waals surface area contributed by atoms with Crippen LogP contribution in [-0.2, 0) is 17.8 Å². The maximum Gasteiger partial charge on any atom is 0.234 e. The molecule has 148 valence electrons. The number of rotatable bonds is 8. The Labute approximate surface area is 164 Å². The molecular formula is C22H25FN2O3. The van der Waals surface area contributed by atoms with Crippen LogP contribution < -0.4 is 14.8 Å². The lowest BCUT2D eigenvalue weighted by atomic mass is 10.1. The van der Waals surface area contributed by atoms with Gasteiger partial charge in [0, 0.05) is 24.7 Å². The van der Waals surface area contributed by atoms with Crippen molar-refractivity contribution in [2.75, 3.05) is 26.3 Å². The Morgan fingerprint density at radius 2 is 1.89 bits per heavy atom. The monoisotopic (exact) mass is 384 g/mol. The fraction of sp³-hybridized carbons (Fsp3) is 0.409. The number of fused-ring (bicyclic) bond motifs is 1. The Balaban J connectivity index is 1.27. The van der Waals surface area contributed by atoms with E-state index in [0.717, 1.165) is 36.3 Å². The van der Waals surface area contributed by atoms with Gasteiger partial charge in [0.05, 0.1) is 6.54 Å². The van der Waals surface area contributed by atoms with Crippen LogP contribution in [0.25, 0.3) is 0 Å². The molecule has 6 heteroatoms. The van der Waals surface area contributed by atoms with Crippen LogP contribution in [0.3, 0.4) is 0 Å². The summed E-state index contributed by atoms with van der Waals surface area (Å²) in [5.74, 6) is 1.29. The van der Waals surface area contributed by atoms with E-state index < -0.39 is 0 Å². The molecule has 0 spiro atoms. The van der Waals surface area contributed by atoms with Crippen molar-refractivity contribution >= 4 is 5.91 Å². The van der Waals surface area contributed by atoms with E-state index in [1.54, 1.807) is 12.1 Å². The Morgan fingerprint density at radius 3 is 2.68 bits per heavy atom. The summed E-state index contributed by atoms with van der Waals surface area (Å²) >= 11 is 0. The minimum Gasteiger partial charge on any atom is -0.486 e. The van der Waals surface area contributed by atoms with Crippen LogP contribution in [-0.4, -0.2) is 43.2 Å². The van der Waals surface area contributed by atoms with E-state index in [1.807, 2.05) is 24.3 Å². The number of hydrogen-bond donors (Lipinski definition) is 1. The number of nitrogens with one attached hydrogen (secondary N) is 1. The number of carbonyl (C=O) groups excluding carboxylic acids is 1. The maximum absolute atomic E-state index is 13.9. The van der Waals surface area contributed by atoms with Crippen LogP contribution in [0.1, 0.15) is 24.0 Å². The highest BCUT2D eigenvalue weighted by atomic mass is 19.1. The fourth-order valence-corrected chi connectivity index (χ4v) is 3.43. The van der Waals surface area contributed by atoms with Gasteiger partial charge in [0.25, 0.3) is 0 Å². The summed E-state index contributed by atoms with van der Waals surface area (Å²) in [5, 5.41) is 2.98. The van der Waals surface area contributed by atoms with Crippen molar-refractivity contribution in [3.05, 3.63) is 59.4 Å². The first-order chi connectivity index (χ1) is 13.7. The lowest BCUT2D eigenvalue weighted by Gasteiger charge is -2.22. The zero-order valence-corrected chi connectivity index (χ0v) is 15.8. The van der Waals surface area contributed by atoms with Crippen molar-refractivity contribution < 1.29 is 18.7 Å². The molecule has 2 aliphatic rings. The number of hydrogen-bond acceptors (Lipinski definition) is 4. The maximum atomic E-state index is 13.9. The second-order valence-corrected chi connectivity index (χ2v) is 7.31. The molecule has 1 heterocycles. The zero-order chi connectivity index (χ0) is 19.3. The van der Waals surface area contributed by atoms with Crippen LogP contribution in [0, 0.1) is 5.82 Å². The summed E-state index contributed by atoms with van der Waals surface area (Å²) in [6.07, 6.45) is 2.86. The van der Waals surface area contributed by atoms with Gasteiger partial charge in [-0.15, -0.1) is 0 Å². The number of halogens is 1. The quantitative estimate of drug-likeness (QED) is 0.760. The molecule has 0 saturated heterocycles. The van der Waals surface area contributed by atoms with Crippen LogP contribution in [0.2, 0.25) is 0 Å². The molecule has 1 amide bonds. The van der Waals surface area contributed by atoms with Gasteiger partial charge in [-0.1, -0.05) is 24.3 Å². The smallest absolute Gasteiger partial charge is 0.234 e. The molecule has 2 aromatic carbocycles. The summed E-state index contributed by atoms with van der Waals surface area (Å²) < 4.78 is 25.1. The van der Waals surface area contributed by atoms with Crippen molar-refractivity contribution in [2.24, 2.45) is 0 Å². The van der Waals surface area contributed by atoms with E-state index in [1.165, 1.54) is 6.07 Å². The predicted octanol–water partition coefficient (Wildman–Crippen LogP) is 2.92. The Kier molecular flexibility index (Phi) is 5.76. The number of nitrogens with zero attached hydrogens (tertiary/aromatic N) is 1. The van der Waals surface area contributed by atoms with Gasteiger partial charge in [0.1, 0.15) is 19.0 Å². The second kappa shape index (κ2) is 8.61. The Morgan fingerprint density at radius 1 is 1.11 bits per heavy atom. The molecule has 4 rings (SSSR count). The van der Waals surface area contributed by atoms with Crippen LogP contribution in [0.5, 0.6) is 11.5 Å². The normalized spacial score (nSPS) is 15.5. The zero-order valence-electron chi connectivity index (χ0n) is 15.8. The topological polar surface area (TPSA) is 50.8 Å². The van der Waals surface area contributed by atoms with Crippen molar-refractivity contribution in [3.8, 4) is 11.5 Å². The highest BCUT2D eigenvalue weighted by molar-refractivity contribution is 5.78. The number of benzene rings is 2. The standard InChI is InChI=1S/C22H25FN2O3/c23-19-4-2-1-3-17(19)14-25(18-6-7-18)15-22(26)24-10-9-16-5-8-20-21(13-16)28-12-11-27-20/h1-5,8,13,18H,6-7,9-12,14-15H2,(H,24,26). The highest BCUT2D eigenvalue weighted by Crippen LogP contribution is 2.31. The molecule has 1 fully saturated rings. The Bertz CT molecular complexity index is 838. The summed E-state index contributed by atoms with van der Waals surface area (Å²) in [6.45, 7) is 2.45. The Hall–Kier alpha value is -2.60. The molecule has 1 aliphatic carbocycles. The lowest BCUT2D eigenvalue weighted by molar-refractivity contribution is -0.122. The second-order valence-electron chi connectivity index (χ2n) is 7.31. The molecule has 0 bridgehead atoms. The minimum absolute atomic E-state index is 0.0271. The van der Waals surface area contributed by atoms with Crippen molar-refractivity contribution in [3.63, 3.8) is 0 Å². The summed E-state index contributed by atoms with van der Waals surface area (Å²) in [6, 6.07) is 13.0. The molecular weight excluding hydrogens is 359 g/mol. The van der Waals surface area contributed by atoms with Gasteiger partial charge in [-0.2, -0.15) is 0 Å². The fourth-order valence-electron chi connectivity index (χ4n) is 3.43. The van der Waals surface area contributed by atoms with Crippen LogP contribution in [0.4, 0.5) is 4.39 Å². The molecule has 0 aromatic heterocycles. The third-order valence-electron chi connectivity index (χ3n) is 5.08. The third-order valence-corrected chi connectivity index (χ3v) is 5.08.